The number of imidazole rings is 1. The Hall–Kier alpha value is -1.53. The molecule has 1 N–H and O–H groups in total. The number of aromatic nitrogens is 3. The molecule has 0 spiro atoms. The van der Waals surface area contributed by atoms with Crippen molar-refractivity contribution in [2.75, 3.05) is 18.0 Å². The van der Waals surface area contributed by atoms with Crippen molar-refractivity contribution in [1.29, 1.82) is 0 Å². The lowest BCUT2D eigenvalue weighted by Gasteiger charge is -2.37. The standard InChI is InChI=1S/C11H13ClN4O2/c1-14-7-3-8(12)13-10(16-4-6(17)5-16)9(7)15(2)11(14)18/h3,6,17H,4-5H2,1-2H3. The molecule has 0 bridgehead atoms. The lowest BCUT2D eigenvalue weighted by Crippen LogP contribution is -2.51. The first-order chi connectivity index (χ1) is 8.49. The predicted molar refractivity (Wildman–Crippen MR) is 69.2 cm³/mol. The highest BCUT2D eigenvalue weighted by atomic mass is 35.5. The fourth-order valence-corrected chi connectivity index (χ4v) is 2.52. The predicted octanol–water partition coefficient (Wildman–Crippen LogP) is 0.106. The van der Waals surface area contributed by atoms with E-state index in [1.165, 1.54) is 0 Å². The highest BCUT2D eigenvalue weighted by molar-refractivity contribution is 6.30. The highest BCUT2D eigenvalue weighted by Gasteiger charge is 2.29. The number of nitrogens with zero attached hydrogens (tertiary/aromatic N) is 4. The lowest BCUT2D eigenvalue weighted by atomic mass is 10.1. The number of aliphatic hydroxyl groups excluding tert-OH is 1. The summed E-state index contributed by atoms with van der Waals surface area (Å²) >= 11 is 5.99. The number of hydrogen-bond donors (Lipinski definition) is 1. The molecule has 7 heteroatoms. The number of aryl methyl sites for hydroxylation is 2. The van der Waals surface area contributed by atoms with Gasteiger partial charge in [0.15, 0.2) is 5.82 Å². The summed E-state index contributed by atoms with van der Waals surface area (Å²) in [6.07, 6.45) is -0.332. The molecule has 6 nitrogen and oxygen atoms in total. The van der Waals surface area contributed by atoms with Crippen LogP contribution in [0.5, 0.6) is 0 Å². The van der Waals surface area contributed by atoms with E-state index in [1.54, 1.807) is 29.3 Å². The molecule has 0 radical (unpaired) electrons. The van der Waals surface area contributed by atoms with Crippen molar-refractivity contribution >= 4 is 28.5 Å². The minimum Gasteiger partial charge on any atom is -0.389 e. The zero-order valence-electron chi connectivity index (χ0n) is 10.1. The first-order valence-corrected chi connectivity index (χ1v) is 6.02. The van der Waals surface area contributed by atoms with E-state index in [1.807, 2.05) is 4.90 Å². The summed E-state index contributed by atoms with van der Waals surface area (Å²) in [4.78, 5) is 18.1. The van der Waals surface area contributed by atoms with Gasteiger partial charge in [0, 0.05) is 33.3 Å². The molecule has 0 unspecified atom stereocenters. The normalized spacial score (nSPS) is 16.3. The Morgan fingerprint density at radius 1 is 1.39 bits per heavy atom. The third kappa shape index (κ3) is 1.46. The maximum Gasteiger partial charge on any atom is 0.328 e. The van der Waals surface area contributed by atoms with Crippen LogP contribution in [0.15, 0.2) is 10.9 Å². The molecule has 2 aromatic rings. The van der Waals surface area contributed by atoms with Crippen molar-refractivity contribution < 1.29 is 5.11 Å². The topological polar surface area (TPSA) is 63.3 Å². The molecule has 96 valence electrons. The number of hydrogen-bond acceptors (Lipinski definition) is 4. The van der Waals surface area contributed by atoms with Crippen LogP contribution in [-0.2, 0) is 14.1 Å². The fraction of sp³-hybridized carbons (Fsp3) is 0.455. The minimum atomic E-state index is -0.332. The van der Waals surface area contributed by atoms with Gasteiger partial charge in [-0.3, -0.25) is 9.13 Å². The molecule has 18 heavy (non-hydrogen) atoms. The van der Waals surface area contributed by atoms with Gasteiger partial charge in [-0.25, -0.2) is 9.78 Å². The van der Waals surface area contributed by atoms with Gasteiger partial charge in [0.25, 0.3) is 0 Å². The Labute approximate surface area is 108 Å². The van der Waals surface area contributed by atoms with Crippen LogP contribution in [0, 0.1) is 0 Å². The summed E-state index contributed by atoms with van der Waals surface area (Å²) in [5.74, 6) is 0.656. The molecule has 2 aromatic heterocycles. The maximum atomic E-state index is 11.9. The summed E-state index contributed by atoms with van der Waals surface area (Å²) in [6, 6.07) is 1.68. The van der Waals surface area contributed by atoms with Crippen LogP contribution < -0.4 is 10.6 Å². The van der Waals surface area contributed by atoms with Crippen LogP contribution in [0.2, 0.25) is 5.15 Å². The number of pyridine rings is 1. The van der Waals surface area contributed by atoms with E-state index in [9.17, 15) is 9.90 Å². The van der Waals surface area contributed by atoms with E-state index in [0.717, 1.165) is 11.0 Å². The summed E-state index contributed by atoms with van der Waals surface area (Å²) < 4.78 is 3.10. The van der Waals surface area contributed by atoms with Gasteiger partial charge in [0.2, 0.25) is 0 Å². The molecule has 3 heterocycles. The third-order valence-electron chi connectivity index (χ3n) is 3.36. The van der Waals surface area contributed by atoms with E-state index in [0.29, 0.717) is 24.1 Å². The monoisotopic (exact) mass is 268 g/mol. The Kier molecular flexibility index (Phi) is 2.39. The molecule has 1 fully saturated rings. The molecule has 1 saturated heterocycles. The SMILES string of the molecule is Cn1c(=O)n(C)c2c(N3CC(O)C3)nc(Cl)cc21. The van der Waals surface area contributed by atoms with Gasteiger partial charge < -0.3 is 10.0 Å². The van der Waals surface area contributed by atoms with Crippen LogP contribution >= 0.6 is 11.6 Å². The molecule has 1 aliphatic heterocycles. The number of β-amino-alcohol motifs (C(OH)–C–C–N with tert-alkyl or cyclic N) is 1. The van der Waals surface area contributed by atoms with E-state index in [2.05, 4.69) is 4.98 Å². The van der Waals surface area contributed by atoms with E-state index < -0.39 is 0 Å². The van der Waals surface area contributed by atoms with Crippen molar-refractivity contribution in [2.45, 2.75) is 6.10 Å². The van der Waals surface area contributed by atoms with Crippen molar-refractivity contribution in [3.8, 4) is 0 Å². The Morgan fingerprint density at radius 3 is 2.67 bits per heavy atom. The zero-order valence-corrected chi connectivity index (χ0v) is 10.8. The second kappa shape index (κ2) is 3.73. The average Bonchev–Trinajstić information content (AvgIpc) is 2.50. The first kappa shape index (κ1) is 11.6. The van der Waals surface area contributed by atoms with Crippen LogP contribution in [-0.4, -0.2) is 38.4 Å². The van der Waals surface area contributed by atoms with Gasteiger partial charge in [-0.15, -0.1) is 0 Å². The molecule has 0 saturated carbocycles. The Morgan fingerprint density at radius 2 is 2.06 bits per heavy atom. The molecule has 0 aromatic carbocycles. The lowest BCUT2D eigenvalue weighted by molar-refractivity contribution is 0.141. The maximum absolute atomic E-state index is 11.9. The van der Waals surface area contributed by atoms with Crippen molar-refractivity contribution in [3.63, 3.8) is 0 Å². The molecule has 0 atom stereocenters. The smallest absolute Gasteiger partial charge is 0.328 e. The largest absolute Gasteiger partial charge is 0.389 e. The number of rotatable bonds is 1. The quantitative estimate of drug-likeness (QED) is 0.746. The summed E-state index contributed by atoms with van der Waals surface area (Å²) in [5, 5.41) is 9.72. The molecule has 1 aliphatic rings. The van der Waals surface area contributed by atoms with Crippen LogP contribution in [0.1, 0.15) is 0 Å². The summed E-state index contributed by atoms with van der Waals surface area (Å²) in [7, 11) is 3.41. The van der Waals surface area contributed by atoms with Gasteiger partial charge in [0.05, 0.1) is 11.6 Å². The van der Waals surface area contributed by atoms with E-state index in [-0.39, 0.29) is 11.8 Å². The number of halogens is 1. The fourth-order valence-electron chi connectivity index (χ4n) is 2.33. The van der Waals surface area contributed by atoms with Gasteiger partial charge in [-0.1, -0.05) is 11.6 Å². The minimum absolute atomic E-state index is 0.114. The van der Waals surface area contributed by atoms with Crippen molar-refractivity contribution in [1.82, 2.24) is 14.1 Å². The Balaban J connectivity index is 2.30. The van der Waals surface area contributed by atoms with Gasteiger partial charge in [-0.2, -0.15) is 0 Å². The second-order valence-electron chi connectivity index (χ2n) is 4.60. The highest BCUT2D eigenvalue weighted by Crippen LogP contribution is 2.29. The van der Waals surface area contributed by atoms with Gasteiger partial charge >= 0.3 is 5.69 Å². The summed E-state index contributed by atoms with van der Waals surface area (Å²) in [5.41, 5.74) is 1.38. The Bertz CT molecular complexity index is 684. The summed E-state index contributed by atoms with van der Waals surface area (Å²) in [6.45, 7) is 1.04. The number of anilines is 1. The van der Waals surface area contributed by atoms with Gasteiger partial charge in [0.1, 0.15) is 10.7 Å². The second-order valence-corrected chi connectivity index (χ2v) is 4.98. The first-order valence-electron chi connectivity index (χ1n) is 5.64. The molecule has 0 amide bonds. The molecular weight excluding hydrogens is 256 g/mol. The van der Waals surface area contributed by atoms with E-state index in [4.69, 9.17) is 11.6 Å². The van der Waals surface area contributed by atoms with Gasteiger partial charge in [-0.05, 0) is 0 Å². The molecular formula is C11H13ClN4O2. The molecule has 3 rings (SSSR count). The van der Waals surface area contributed by atoms with Crippen molar-refractivity contribution in [3.05, 3.63) is 21.7 Å². The number of fused-ring (bicyclic) bond motifs is 1. The molecule has 0 aliphatic carbocycles. The average molecular weight is 269 g/mol. The third-order valence-corrected chi connectivity index (χ3v) is 3.55. The zero-order chi connectivity index (χ0) is 13.0. The van der Waals surface area contributed by atoms with Crippen LogP contribution in [0.25, 0.3) is 11.0 Å². The number of aliphatic hydroxyl groups is 1. The van der Waals surface area contributed by atoms with Crippen molar-refractivity contribution in [2.24, 2.45) is 14.1 Å². The van der Waals surface area contributed by atoms with E-state index >= 15 is 0 Å². The van der Waals surface area contributed by atoms with Crippen LogP contribution in [0.3, 0.4) is 0 Å². The van der Waals surface area contributed by atoms with Crippen LogP contribution in [0.4, 0.5) is 5.82 Å².